The zero-order valence-corrected chi connectivity index (χ0v) is 13.7. The van der Waals surface area contributed by atoms with E-state index in [9.17, 15) is 0 Å². The van der Waals surface area contributed by atoms with Crippen molar-refractivity contribution in [1.29, 1.82) is 0 Å². The van der Waals surface area contributed by atoms with Gasteiger partial charge < -0.3 is 0 Å². The molecule has 0 bridgehead atoms. The molecule has 0 heteroatoms. The van der Waals surface area contributed by atoms with Crippen LogP contribution in [0.15, 0.2) is 36.4 Å². The molecule has 0 N–H and O–H groups in total. The third-order valence-corrected chi connectivity index (χ3v) is 6.04. The predicted molar refractivity (Wildman–Crippen MR) is 95.6 cm³/mol. The number of fused-ring (bicyclic) bond motifs is 1. The third-order valence-electron chi connectivity index (χ3n) is 6.04. The van der Waals surface area contributed by atoms with E-state index in [1.807, 2.05) is 0 Å². The molecule has 0 atom stereocenters. The fourth-order valence-electron chi connectivity index (χ4n) is 4.79. The summed E-state index contributed by atoms with van der Waals surface area (Å²) in [7, 11) is 0. The molecule has 0 aromatic heterocycles. The minimum absolute atomic E-state index is 0.808. The molecule has 2 aliphatic rings. The molecular formula is C22H28. The van der Waals surface area contributed by atoms with Gasteiger partial charge in [0.15, 0.2) is 0 Å². The van der Waals surface area contributed by atoms with E-state index in [0.29, 0.717) is 0 Å². The standard InChI is InChI=1S/C22H28/c1-3-9-17(10-4-1)20-15-19-13-7-8-14-21(19)22(16-20)18-11-5-2-6-12-18/h7-8,13-18H,1-6,9-12H2. The first-order chi connectivity index (χ1) is 10.9. The van der Waals surface area contributed by atoms with Gasteiger partial charge in [-0.3, -0.25) is 0 Å². The lowest BCUT2D eigenvalue weighted by Gasteiger charge is -2.27. The molecule has 0 nitrogen and oxygen atoms in total. The average Bonchev–Trinajstić information content (AvgIpc) is 2.62. The Hall–Kier alpha value is -1.30. The number of hydrogen-bond acceptors (Lipinski definition) is 0. The average molecular weight is 292 g/mol. The molecule has 2 aromatic carbocycles. The first kappa shape index (κ1) is 14.3. The second kappa shape index (κ2) is 6.44. The second-order valence-electron chi connectivity index (χ2n) is 7.50. The summed E-state index contributed by atoms with van der Waals surface area (Å²) in [6, 6.07) is 14.2. The number of benzene rings is 2. The van der Waals surface area contributed by atoms with Gasteiger partial charge in [0, 0.05) is 0 Å². The van der Waals surface area contributed by atoms with Gasteiger partial charge in [0.05, 0.1) is 0 Å². The molecule has 0 saturated heterocycles. The molecule has 0 unspecified atom stereocenters. The SMILES string of the molecule is c1ccc2c(C3CCCCC3)cc(C3CCCCC3)cc2c1. The van der Waals surface area contributed by atoms with Crippen molar-refractivity contribution in [3.63, 3.8) is 0 Å². The molecular weight excluding hydrogens is 264 g/mol. The minimum Gasteiger partial charge on any atom is -0.0616 e. The van der Waals surface area contributed by atoms with E-state index < -0.39 is 0 Å². The van der Waals surface area contributed by atoms with Crippen LogP contribution in [0.4, 0.5) is 0 Å². The van der Waals surface area contributed by atoms with E-state index in [1.54, 1.807) is 11.1 Å². The van der Waals surface area contributed by atoms with Gasteiger partial charge in [-0.15, -0.1) is 0 Å². The van der Waals surface area contributed by atoms with E-state index in [2.05, 4.69) is 36.4 Å². The van der Waals surface area contributed by atoms with Gasteiger partial charge in [-0.05, 0) is 59.4 Å². The van der Waals surface area contributed by atoms with E-state index in [-0.39, 0.29) is 0 Å². The van der Waals surface area contributed by atoms with Crippen molar-refractivity contribution in [3.05, 3.63) is 47.5 Å². The Balaban J connectivity index is 1.78. The summed E-state index contributed by atoms with van der Waals surface area (Å²) in [5.74, 6) is 1.63. The predicted octanol–water partition coefficient (Wildman–Crippen LogP) is 6.94. The highest BCUT2D eigenvalue weighted by Crippen LogP contribution is 2.40. The molecule has 2 aliphatic carbocycles. The largest absolute Gasteiger partial charge is 0.0616 e. The van der Waals surface area contributed by atoms with E-state index in [0.717, 1.165) is 11.8 Å². The molecule has 0 amide bonds. The van der Waals surface area contributed by atoms with Crippen molar-refractivity contribution in [1.82, 2.24) is 0 Å². The fraction of sp³-hybridized carbons (Fsp3) is 0.545. The smallest absolute Gasteiger partial charge is 0.0149 e. The Labute approximate surface area is 134 Å². The minimum atomic E-state index is 0.808. The molecule has 0 radical (unpaired) electrons. The van der Waals surface area contributed by atoms with Crippen molar-refractivity contribution in [2.45, 2.75) is 76.0 Å². The Morgan fingerprint density at radius 1 is 0.636 bits per heavy atom. The molecule has 0 heterocycles. The van der Waals surface area contributed by atoms with Gasteiger partial charge in [0.2, 0.25) is 0 Å². The van der Waals surface area contributed by atoms with Crippen LogP contribution in [0, 0.1) is 0 Å². The zero-order chi connectivity index (χ0) is 14.8. The highest BCUT2D eigenvalue weighted by atomic mass is 14.3. The van der Waals surface area contributed by atoms with Crippen LogP contribution >= 0.6 is 0 Å². The summed E-state index contributed by atoms with van der Waals surface area (Å²) in [5, 5.41) is 3.00. The Kier molecular flexibility index (Phi) is 4.19. The van der Waals surface area contributed by atoms with Crippen LogP contribution in [0.3, 0.4) is 0 Å². The van der Waals surface area contributed by atoms with E-state index in [4.69, 9.17) is 0 Å². The number of hydrogen-bond donors (Lipinski definition) is 0. The van der Waals surface area contributed by atoms with Gasteiger partial charge in [-0.1, -0.05) is 74.9 Å². The summed E-state index contributed by atoms with van der Waals surface area (Å²) >= 11 is 0. The van der Waals surface area contributed by atoms with Crippen LogP contribution in [-0.2, 0) is 0 Å². The summed E-state index contributed by atoms with van der Waals surface area (Å²) in [4.78, 5) is 0. The quantitative estimate of drug-likeness (QED) is 0.562. The normalized spacial score (nSPS) is 21.3. The monoisotopic (exact) mass is 292 g/mol. The maximum absolute atomic E-state index is 2.61. The first-order valence-corrected chi connectivity index (χ1v) is 9.44. The summed E-state index contributed by atoms with van der Waals surface area (Å²) < 4.78 is 0. The fourth-order valence-corrected chi connectivity index (χ4v) is 4.79. The van der Waals surface area contributed by atoms with Crippen LogP contribution in [-0.4, -0.2) is 0 Å². The van der Waals surface area contributed by atoms with Crippen molar-refractivity contribution in [2.24, 2.45) is 0 Å². The molecule has 0 aliphatic heterocycles. The lowest BCUT2D eigenvalue weighted by Crippen LogP contribution is -2.09. The second-order valence-corrected chi connectivity index (χ2v) is 7.50. The van der Waals surface area contributed by atoms with Crippen LogP contribution in [0.5, 0.6) is 0 Å². The lowest BCUT2D eigenvalue weighted by atomic mass is 9.78. The van der Waals surface area contributed by atoms with Gasteiger partial charge in [-0.2, -0.15) is 0 Å². The first-order valence-electron chi connectivity index (χ1n) is 9.44. The highest BCUT2D eigenvalue weighted by Gasteiger charge is 2.21. The van der Waals surface area contributed by atoms with Crippen LogP contribution in [0.1, 0.15) is 87.2 Å². The Morgan fingerprint density at radius 2 is 1.27 bits per heavy atom. The van der Waals surface area contributed by atoms with Crippen LogP contribution in [0.2, 0.25) is 0 Å². The molecule has 2 aromatic rings. The molecule has 2 fully saturated rings. The Bertz CT molecular complexity index is 628. The van der Waals surface area contributed by atoms with Gasteiger partial charge in [-0.25, -0.2) is 0 Å². The van der Waals surface area contributed by atoms with Crippen molar-refractivity contribution in [3.8, 4) is 0 Å². The van der Waals surface area contributed by atoms with E-state index >= 15 is 0 Å². The lowest BCUT2D eigenvalue weighted by molar-refractivity contribution is 0.437. The maximum Gasteiger partial charge on any atom is -0.0149 e. The summed E-state index contributed by atoms with van der Waals surface area (Å²) in [6.45, 7) is 0. The van der Waals surface area contributed by atoms with Gasteiger partial charge in [0.25, 0.3) is 0 Å². The van der Waals surface area contributed by atoms with Crippen molar-refractivity contribution >= 4 is 10.8 Å². The molecule has 22 heavy (non-hydrogen) atoms. The summed E-state index contributed by atoms with van der Waals surface area (Å²) in [5.41, 5.74) is 3.30. The van der Waals surface area contributed by atoms with Crippen molar-refractivity contribution in [2.75, 3.05) is 0 Å². The third kappa shape index (κ3) is 2.81. The molecule has 116 valence electrons. The van der Waals surface area contributed by atoms with Crippen LogP contribution < -0.4 is 0 Å². The Morgan fingerprint density at radius 3 is 2.00 bits per heavy atom. The van der Waals surface area contributed by atoms with E-state index in [1.165, 1.54) is 75.0 Å². The zero-order valence-electron chi connectivity index (χ0n) is 13.7. The van der Waals surface area contributed by atoms with Gasteiger partial charge in [0.1, 0.15) is 0 Å². The molecule has 4 rings (SSSR count). The molecule has 2 saturated carbocycles. The highest BCUT2D eigenvalue weighted by molar-refractivity contribution is 5.87. The van der Waals surface area contributed by atoms with Gasteiger partial charge >= 0.3 is 0 Å². The topological polar surface area (TPSA) is 0 Å². The number of rotatable bonds is 2. The molecule has 0 spiro atoms. The van der Waals surface area contributed by atoms with Crippen LogP contribution in [0.25, 0.3) is 10.8 Å². The van der Waals surface area contributed by atoms with Crippen molar-refractivity contribution < 1.29 is 0 Å². The summed E-state index contributed by atoms with van der Waals surface area (Å²) in [6.07, 6.45) is 14.2. The maximum atomic E-state index is 2.61.